The Kier molecular flexibility index (Phi) is 3.63. The molecule has 3 rings (SSSR count). The van der Waals surface area contributed by atoms with Crippen LogP contribution >= 0.6 is 15.9 Å². The Morgan fingerprint density at radius 3 is 3.00 bits per heavy atom. The summed E-state index contributed by atoms with van der Waals surface area (Å²) in [5.41, 5.74) is 1.90. The lowest BCUT2D eigenvalue weighted by molar-refractivity contribution is 0.0929. The number of rotatable bonds is 2. The van der Waals surface area contributed by atoms with Crippen LogP contribution < -0.4 is 5.32 Å². The molecule has 1 N–H and O–H groups in total. The van der Waals surface area contributed by atoms with Crippen LogP contribution in [0.2, 0.25) is 0 Å². The van der Waals surface area contributed by atoms with E-state index in [-0.39, 0.29) is 5.91 Å². The van der Waals surface area contributed by atoms with Crippen molar-refractivity contribution in [2.75, 3.05) is 13.1 Å². The van der Waals surface area contributed by atoms with Crippen molar-refractivity contribution in [1.29, 1.82) is 0 Å². The molecule has 1 aromatic carbocycles. The normalized spacial score (nSPS) is 26.4. The summed E-state index contributed by atoms with van der Waals surface area (Å²) < 4.78 is 0.995. The molecule has 0 spiro atoms. The number of carbonyl (C=O) groups is 1. The molecule has 102 valence electrons. The summed E-state index contributed by atoms with van der Waals surface area (Å²) in [6.45, 7) is 4.36. The minimum atomic E-state index is 0.0550. The van der Waals surface area contributed by atoms with Gasteiger partial charge in [-0.05, 0) is 50.4 Å². The van der Waals surface area contributed by atoms with Gasteiger partial charge in [-0.2, -0.15) is 0 Å². The van der Waals surface area contributed by atoms with Gasteiger partial charge in [0.1, 0.15) is 0 Å². The predicted octanol–water partition coefficient (Wildman–Crippen LogP) is 2.72. The lowest BCUT2D eigenvalue weighted by Gasteiger charge is -2.21. The smallest absolute Gasteiger partial charge is 0.251 e. The maximum atomic E-state index is 12.3. The SMILES string of the molecule is Cc1ccc(C(=O)NC2CCN3CCCC23)cc1Br. The average molecular weight is 323 g/mol. The van der Waals surface area contributed by atoms with Crippen molar-refractivity contribution in [3.05, 3.63) is 33.8 Å². The van der Waals surface area contributed by atoms with Gasteiger partial charge in [0.25, 0.3) is 5.91 Å². The highest BCUT2D eigenvalue weighted by Crippen LogP contribution is 2.28. The van der Waals surface area contributed by atoms with Gasteiger partial charge in [-0.1, -0.05) is 22.0 Å². The van der Waals surface area contributed by atoms with Gasteiger partial charge < -0.3 is 5.32 Å². The van der Waals surface area contributed by atoms with Crippen molar-refractivity contribution >= 4 is 21.8 Å². The van der Waals surface area contributed by atoms with Gasteiger partial charge in [-0.25, -0.2) is 0 Å². The molecule has 2 fully saturated rings. The van der Waals surface area contributed by atoms with E-state index < -0.39 is 0 Å². The van der Waals surface area contributed by atoms with E-state index >= 15 is 0 Å². The third kappa shape index (κ3) is 2.56. The number of hydrogen-bond donors (Lipinski definition) is 1. The summed E-state index contributed by atoms with van der Waals surface area (Å²) in [6, 6.07) is 6.69. The van der Waals surface area contributed by atoms with Crippen LogP contribution in [0.3, 0.4) is 0 Å². The molecule has 1 amide bonds. The number of benzene rings is 1. The zero-order chi connectivity index (χ0) is 13.4. The second kappa shape index (κ2) is 5.25. The third-order valence-corrected chi connectivity index (χ3v) is 5.21. The van der Waals surface area contributed by atoms with E-state index in [0.717, 1.165) is 28.6 Å². The fourth-order valence-corrected chi connectivity index (χ4v) is 3.62. The van der Waals surface area contributed by atoms with Crippen molar-refractivity contribution in [2.45, 2.75) is 38.3 Å². The van der Waals surface area contributed by atoms with Crippen molar-refractivity contribution in [2.24, 2.45) is 0 Å². The van der Waals surface area contributed by atoms with E-state index in [4.69, 9.17) is 0 Å². The summed E-state index contributed by atoms with van der Waals surface area (Å²) in [5.74, 6) is 0.0550. The maximum absolute atomic E-state index is 12.3. The van der Waals surface area contributed by atoms with Crippen molar-refractivity contribution < 1.29 is 4.79 Å². The Bertz CT molecular complexity index is 503. The van der Waals surface area contributed by atoms with Crippen LogP contribution in [0.4, 0.5) is 0 Å². The molecule has 0 aliphatic carbocycles. The molecule has 2 aliphatic rings. The van der Waals surface area contributed by atoms with Crippen molar-refractivity contribution in [1.82, 2.24) is 10.2 Å². The Morgan fingerprint density at radius 1 is 1.37 bits per heavy atom. The number of nitrogens with zero attached hydrogens (tertiary/aromatic N) is 1. The topological polar surface area (TPSA) is 32.3 Å². The van der Waals surface area contributed by atoms with E-state index in [2.05, 4.69) is 26.1 Å². The van der Waals surface area contributed by atoms with Gasteiger partial charge in [0, 0.05) is 28.7 Å². The molecule has 1 aromatic rings. The Balaban J connectivity index is 1.69. The summed E-state index contributed by atoms with van der Waals surface area (Å²) >= 11 is 3.48. The molecule has 0 radical (unpaired) electrons. The molecule has 19 heavy (non-hydrogen) atoms. The van der Waals surface area contributed by atoms with Gasteiger partial charge in [-0.15, -0.1) is 0 Å². The highest BCUT2D eigenvalue weighted by Gasteiger charge is 2.37. The lowest BCUT2D eigenvalue weighted by atomic mass is 10.1. The lowest BCUT2D eigenvalue weighted by Crippen LogP contribution is -2.42. The van der Waals surface area contributed by atoms with Crippen LogP contribution in [0.1, 0.15) is 35.2 Å². The standard InChI is InChI=1S/C15H19BrN2O/c1-10-4-5-11(9-12(10)16)15(19)17-13-6-8-18-7-2-3-14(13)18/h4-5,9,13-14H,2-3,6-8H2,1H3,(H,17,19). The summed E-state index contributed by atoms with van der Waals surface area (Å²) in [4.78, 5) is 14.8. The van der Waals surface area contributed by atoms with E-state index in [1.807, 2.05) is 25.1 Å². The number of amides is 1. The molecule has 2 heterocycles. The minimum absolute atomic E-state index is 0.0550. The largest absolute Gasteiger partial charge is 0.348 e. The molecule has 2 aliphatic heterocycles. The number of halogens is 1. The molecular formula is C15H19BrN2O. The monoisotopic (exact) mass is 322 g/mol. The van der Waals surface area contributed by atoms with Crippen LogP contribution in [-0.4, -0.2) is 36.0 Å². The summed E-state index contributed by atoms with van der Waals surface area (Å²) in [6.07, 6.45) is 3.58. The van der Waals surface area contributed by atoms with E-state index in [0.29, 0.717) is 12.1 Å². The van der Waals surface area contributed by atoms with Crippen LogP contribution in [0.5, 0.6) is 0 Å². The number of carbonyl (C=O) groups excluding carboxylic acids is 1. The van der Waals surface area contributed by atoms with Crippen molar-refractivity contribution in [3.63, 3.8) is 0 Å². The van der Waals surface area contributed by atoms with E-state index in [9.17, 15) is 4.79 Å². The van der Waals surface area contributed by atoms with E-state index in [1.165, 1.54) is 19.4 Å². The number of hydrogen-bond acceptors (Lipinski definition) is 2. The van der Waals surface area contributed by atoms with Crippen LogP contribution in [0.25, 0.3) is 0 Å². The fraction of sp³-hybridized carbons (Fsp3) is 0.533. The average Bonchev–Trinajstić information content (AvgIpc) is 2.97. The highest BCUT2D eigenvalue weighted by atomic mass is 79.9. The van der Waals surface area contributed by atoms with Gasteiger partial charge in [0.05, 0.1) is 0 Å². The maximum Gasteiger partial charge on any atom is 0.251 e. The summed E-state index contributed by atoms with van der Waals surface area (Å²) in [5, 5.41) is 3.21. The molecule has 2 saturated heterocycles. The molecule has 3 nitrogen and oxygen atoms in total. The molecule has 0 bridgehead atoms. The number of nitrogens with one attached hydrogen (secondary N) is 1. The van der Waals surface area contributed by atoms with Gasteiger partial charge in [-0.3, -0.25) is 9.69 Å². The first-order chi connectivity index (χ1) is 9.15. The molecule has 2 unspecified atom stereocenters. The third-order valence-electron chi connectivity index (χ3n) is 4.36. The second-order valence-corrected chi connectivity index (χ2v) is 6.43. The molecule has 4 heteroatoms. The van der Waals surface area contributed by atoms with Crippen LogP contribution in [0, 0.1) is 6.92 Å². The van der Waals surface area contributed by atoms with E-state index in [1.54, 1.807) is 0 Å². The number of aryl methyl sites for hydroxylation is 1. The Morgan fingerprint density at radius 2 is 2.21 bits per heavy atom. The predicted molar refractivity (Wildman–Crippen MR) is 79.3 cm³/mol. The minimum Gasteiger partial charge on any atom is -0.348 e. The van der Waals surface area contributed by atoms with Gasteiger partial charge >= 0.3 is 0 Å². The zero-order valence-corrected chi connectivity index (χ0v) is 12.7. The number of fused-ring (bicyclic) bond motifs is 1. The molecule has 2 atom stereocenters. The van der Waals surface area contributed by atoms with Crippen molar-refractivity contribution in [3.8, 4) is 0 Å². The van der Waals surface area contributed by atoms with Crippen LogP contribution in [0.15, 0.2) is 22.7 Å². The quantitative estimate of drug-likeness (QED) is 0.908. The first-order valence-corrected chi connectivity index (χ1v) is 7.75. The Hall–Kier alpha value is -0.870. The fourth-order valence-electron chi connectivity index (χ4n) is 3.24. The Labute approximate surface area is 122 Å². The first-order valence-electron chi connectivity index (χ1n) is 6.96. The first kappa shape index (κ1) is 13.1. The van der Waals surface area contributed by atoms with Crippen LogP contribution in [-0.2, 0) is 0 Å². The van der Waals surface area contributed by atoms with Gasteiger partial charge in [0.15, 0.2) is 0 Å². The molecule has 0 aromatic heterocycles. The second-order valence-electron chi connectivity index (χ2n) is 5.58. The zero-order valence-electron chi connectivity index (χ0n) is 11.2. The van der Waals surface area contributed by atoms with Gasteiger partial charge in [0.2, 0.25) is 0 Å². The molecule has 0 saturated carbocycles. The highest BCUT2D eigenvalue weighted by molar-refractivity contribution is 9.10. The summed E-state index contributed by atoms with van der Waals surface area (Å²) in [7, 11) is 0. The molecular weight excluding hydrogens is 304 g/mol.